The van der Waals surface area contributed by atoms with Crippen LogP contribution in [0.1, 0.15) is 0 Å². The van der Waals surface area contributed by atoms with Gasteiger partial charge in [0.1, 0.15) is 5.69 Å². The normalized spacial score (nSPS) is 11.1. The van der Waals surface area contributed by atoms with Crippen molar-refractivity contribution < 1.29 is 0 Å². The van der Waals surface area contributed by atoms with E-state index in [1.807, 2.05) is 42.6 Å². The molecule has 0 fully saturated rings. The molecule has 4 heterocycles. The van der Waals surface area contributed by atoms with Gasteiger partial charge in [0.2, 0.25) is 0 Å². The van der Waals surface area contributed by atoms with Crippen LogP contribution in [0.15, 0.2) is 183 Å². The number of fused-ring (bicyclic) bond motifs is 1. The smallest absolute Gasteiger partial charge is 0.182 e. The number of nitrogens with zero attached hydrogens (tertiary/aromatic N) is 6. The van der Waals surface area contributed by atoms with Gasteiger partial charge in [0, 0.05) is 46.9 Å². The van der Waals surface area contributed by atoms with Crippen LogP contribution in [-0.2, 0) is 0 Å². The molecule has 4 aromatic heterocycles. The molecule has 0 spiro atoms. The van der Waals surface area contributed by atoms with Gasteiger partial charge in [0.25, 0.3) is 0 Å². The second kappa shape index (κ2) is 13.6. The molecule has 9 rings (SSSR count). The van der Waals surface area contributed by atoms with Crippen LogP contribution in [0.2, 0.25) is 0 Å². The third kappa shape index (κ3) is 5.99. The van der Waals surface area contributed by atoms with Crippen molar-refractivity contribution in [2.24, 2.45) is 0 Å². The highest BCUT2D eigenvalue weighted by Crippen LogP contribution is 2.41. The summed E-state index contributed by atoms with van der Waals surface area (Å²) in [6.45, 7) is 0. The lowest BCUT2D eigenvalue weighted by molar-refractivity contribution is 1.06. The van der Waals surface area contributed by atoms with Gasteiger partial charge in [0.05, 0.1) is 5.52 Å². The maximum atomic E-state index is 5.00. The van der Waals surface area contributed by atoms with E-state index in [1.54, 1.807) is 18.6 Å². The maximum absolute atomic E-state index is 5.00. The Kier molecular flexibility index (Phi) is 8.08. The first kappa shape index (κ1) is 30.8. The number of rotatable bonds is 7. The van der Waals surface area contributed by atoms with Gasteiger partial charge in [-0.1, -0.05) is 115 Å². The van der Waals surface area contributed by atoms with Gasteiger partial charge in [-0.25, -0.2) is 15.0 Å². The third-order valence-corrected chi connectivity index (χ3v) is 9.17. The Morgan fingerprint density at radius 1 is 0.308 bits per heavy atom. The Labute approximate surface area is 301 Å². The number of pyridine rings is 3. The summed E-state index contributed by atoms with van der Waals surface area (Å²) in [6.07, 6.45) is 7.08. The molecule has 0 unspecified atom stereocenters. The quantitative estimate of drug-likeness (QED) is 0.168. The molecule has 0 amide bonds. The molecular weight excluding hydrogens is 637 g/mol. The van der Waals surface area contributed by atoms with E-state index in [1.165, 1.54) is 11.1 Å². The van der Waals surface area contributed by atoms with E-state index in [2.05, 4.69) is 131 Å². The summed E-state index contributed by atoms with van der Waals surface area (Å²) in [7, 11) is 0. The summed E-state index contributed by atoms with van der Waals surface area (Å²) in [4.78, 5) is 28.4. The van der Waals surface area contributed by atoms with Crippen molar-refractivity contribution in [2.45, 2.75) is 0 Å². The SMILES string of the molecule is c1ccc(-c2ccc(-c3ccc(-c4nc(-c5ccncc5)nc(-c5ccccn5)n4)cc3-c3cccc4cccnc34)cc2-c2ccccc2)cc1. The molecule has 0 aliphatic rings. The zero-order valence-corrected chi connectivity index (χ0v) is 28.0. The van der Waals surface area contributed by atoms with Crippen LogP contribution in [0.4, 0.5) is 0 Å². The number of benzene rings is 5. The van der Waals surface area contributed by atoms with E-state index in [9.17, 15) is 0 Å². The van der Waals surface area contributed by atoms with E-state index in [4.69, 9.17) is 19.9 Å². The molecule has 244 valence electrons. The second-order valence-corrected chi connectivity index (χ2v) is 12.4. The Morgan fingerprint density at radius 2 is 0.923 bits per heavy atom. The number of aromatic nitrogens is 6. The van der Waals surface area contributed by atoms with Gasteiger partial charge in [0.15, 0.2) is 17.5 Å². The number of hydrogen-bond acceptors (Lipinski definition) is 6. The minimum Gasteiger partial charge on any atom is -0.265 e. The van der Waals surface area contributed by atoms with Crippen molar-refractivity contribution in [1.82, 2.24) is 29.9 Å². The number of para-hydroxylation sites is 1. The topological polar surface area (TPSA) is 77.3 Å². The van der Waals surface area contributed by atoms with Crippen LogP contribution in [-0.4, -0.2) is 29.9 Å². The van der Waals surface area contributed by atoms with Crippen LogP contribution in [0.25, 0.3) is 89.7 Å². The fourth-order valence-electron chi connectivity index (χ4n) is 6.66. The van der Waals surface area contributed by atoms with Crippen LogP contribution in [0, 0.1) is 0 Å². The largest absolute Gasteiger partial charge is 0.265 e. The van der Waals surface area contributed by atoms with E-state index < -0.39 is 0 Å². The predicted octanol–water partition coefficient (Wildman–Crippen LogP) is 10.9. The molecule has 0 saturated heterocycles. The van der Waals surface area contributed by atoms with Crippen LogP contribution < -0.4 is 0 Å². The average Bonchev–Trinajstić information content (AvgIpc) is 3.24. The second-order valence-electron chi connectivity index (χ2n) is 12.4. The van der Waals surface area contributed by atoms with Gasteiger partial charge in [-0.05, 0) is 81.4 Å². The average molecular weight is 667 g/mol. The molecule has 0 aliphatic carbocycles. The monoisotopic (exact) mass is 666 g/mol. The van der Waals surface area contributed by atoms with Crippen molar-refractivity contribution in [3.8, 4) is 78.8 Å². The molecular formula is C46H30N6. The minimum atomic E-state index is 0.499. The van der Waals surface area contributed by atoms with Crippen LogP contribution in [0.3, 0.4) is 0 Å². The summed E-state index contributed by atoms with van der Waals surface area (Å²) in [5.74, 6) is 1.60. The highest BCUT2D eigenvalue weighted by Gasteiger charge is 2.18. The van der Waals surface area contributed by atoms with Crippen molar-refractivity contribution in [3.05, 3.63) is 183 Å². The van der Waals surface area contributed by atoms with Crippen LogP contribution >= 0.6 is 0 Å². The highest BCUT2D eigenvalue weighted by atomic mass is 15.0. The van der Waals surface area contributed by atoms with Crippen molar-refractivity contribution >= 4 is 10.9 Å². The molecule has 0 N–H and O–H groups in total. The molecule has 0 bridgehead atoms. The third-order valence-electron chi connectivity index (χ3n) is 9.17. The molecule has 0 radical (unpaired) electrons. The van der Waals surface area contributed by atoms with E-state index in [0.717, 1.165) is 55.4 Å². The summed E-state index contributed by atoms with van der Waals surface area (Å²) < 4.78 is 0. The van der Waals surface area contributed by atoms with E-state index in [0.29, 0.717) is 23.2 Å². The van der Waals surface area contributed by atoms with E-state index >= 15 is 0 Å². The lowest BCUT2D eigenvalue weighted by atomic mass is 9.87. The summed E-state index contributed by atoms with van der Waals surface area (Å²) >= 11 is 0. The number of hydrogen-bond donors (Lipinski definition) is 0. The summed E-state index contributed by atoms with van der Waals surface area (Å²) in [6, 6.07) is 54.3. The molecule has 0 atom stereocenters. The van der Waals surface area contributed by atoms with Gasteiger partial charge < -0.3 is 0 Å². The minimum absolute atomic E-state index is 0.499. The molecule has 6 heteroatoms. The zero-order valence-electron chi connectivity index (χ0n) is 28.0. The Morgan fingerprint density at radius 3 is 1.67 bits per heavy atom. The zero-order chi connectivity index (χ0) is 34.7. The first-order chi connectivity index (χ1) is 25.8. The molecule has 6 nitrogen and oxygen atoms in total. The molecule has 52 heavy (non-hydrogen) atoms. The molecule has 9 aromatic rings. The highest BCUT2D eigenvalue weighted by molar-refractivity contribution is 6.00. The first-order valence-electron chi connectivity index (χ1n) is 17.1. The standard InChI is InChI=1S/C46H30N6/c1-3-11-31(12-4-1)37-21-19-35(29-40(37)32-13-5-2-6-14-32)38-22-20-36(30-41(38)39-17-9-15-33-16-10-26-49-43(33)39)45-50-44(34-23-27-47-28-24-34)51-46(52-45)42-18-7-8-25-48-42/h1-30H. The summed E-state index contributed by atoms with van der Waals surface area (Å²) in [5.41, 5.74) is 12.2. The van der Waals surface area contributed by atoms with Crippen molar-refractivity contribution in [1.29, 1.82) is 0 Å². The Hall–Kier alpha value is -7.18. The first-order valence-corrected chi connectivity index (χ1v) is 17.1. The molecule has 0 saturated carbocycles. The summed E-state index contributed by atoms with van der Waals surface area (Å²) in [5, 5.41) is 1.07. The van der Waals surface area contributed by atoms with Crippen molar-refractivity contribution in [3.63, 3.8) is 0 Å². The Bertz CT molecular complexity index is 2600. The lowest BCUT2D eigenvalue weighted by Gasteiger charge is -2.17. The van der Waals surface area contributed by atoms with E-state index in [-0.39, 0.29) is 0 Å². The maximum Gasteiger partial charge on any atom is 0.182 e. The van der Waals surface area contributed by atoms with Crippen molar-refractivity contribution in [2.75, 3.05) is 0 Å². The van der Waals surface area contributed by atoms with Gasteiger partial charge in [-0.15, -0.1) is 0 Å². The van der Waals surface area contributed by atoms with Gasteiger partial charge in [-0.3, -0.25) is 15.0 Å². The predicted molar refractivity (Wildman–Crippen MR) is 209 cm³/mol. The van der Waals surface area contributed by atoms with Gasteiger partial charge >= 0.3 is 0 Å². The Balaban J connectivity index is 1.28. The molecule has 5 aromatic carbocycles. The molecule has 0 aliphatic heterocycles. The van der Waals surface area contributed by atoms with Crippen LogP contribution in [0.5, 0.6) is 0 Å². The van der Waals surface area contributed by atoms with Gasteiger partial charge in [-0.2, -0.15) is 0 Å². The fraction of sp³-hybridized carbons (Fsp3) is 0. The lowest BCUT2D eigenvalue weighted by Crippen LogP contribution is -2.01. The fourth-order valence-corrected chi connectivity index (χ4v) is 6.66.